The number of hydrogen-bond acceptors (Lipinski definition) is 3. The van der Waals surface area contributed by atoms with Crippen LogP contribution in [0.4, 0.5) is 4.39 Å². The van der Waals surface area contributed by atoms with Gasteiger partial charge in [0.25, 0.3) is 0 Å². The van der Waals surface area contributed by atoms with Gasteiger partial charge in [-0.25, -0.2) is 14.4 Å². The third-order valence-corrected chi connectivity index (χ3v) is 2.21. The molecule has 0 aliphatic carbocycles. The molecule has 5 heteroatoms. The molecular formula is C11H8ClFN2O. The fourth-order valence-corrected chi connectivity index (χ4v) is 1.47. The molecule has 1 aromatic heterocycles. The number of nitrogens with zero attached hydrogens (tertiary/aromatic N) is 2. The molecule has 2 aromatic rings. The van der Waals surface area contributed by atoms with Gasteiger partial charge >= 0.3 is 0 Å². The van der Waals surface area contributed by atoms with Crippen molar-refractivity contribution >= 4 is 11.6 Å². The van der Waals surface area contributed by atoms with Crippen molar-refractivity contribution in [3.05, 3.63) is 41.6 Å². The van der Waals surface area contributed by atoms with E-state index >= 15 is 0 Å². The van der Waals surface area contributed by atoms with E-state index in [0.29, 0.717) is 17.0 Å². The van der Waals surface area contributed by atoms with E-state index in [-0.39, 0.29) is 11.1 Å². The van der Waals surface area contributed by atoms with Gasteiger partial charge in [0.15, 0.2) is 0 Å². The Morgan fingerprint density at radius 1 is 1.31 bits per heavy atom. The molecule has 0 amide bonds. The summed E-state index contributed by atoms with van der Waals surface area (Å²) in [6, 6.07) is 6.00. The minimum atomic E-state index is -0.385. The molecular weight excluding hydrogens is 231 g/mol. The van der Waals surface area contributed by atoms with E-state index in [4.69, 9.17) is 16.3 Å². The Morgan fingerprint density at radius 3 is 2.81 bits per heavy atom. The van der Waals surface area contributed by atoms with Crippen LogP contribution in [-0.4, -0.2) is 17.1 Å². The fourth-order valence-electron chi connectivity index (χ4n) is 1.32. The predicted molar refractivity (Wildman–Crippen MR) is 59.0 cm³/mol. The van der Waals surface area contributed by atoms with E-state index in [2.05, 4.69) is 9.97 Å². The summed E-state index contributed by atoms with van der Waals surface area (Å²) in [7, 11) is 1.48. The molecule has 0 atom stereocenters. The Balaban J connectivity index is 2.51. The SMILES string of the molecule is COc1cc(F)cc(-c2ccnc(Cl)n2)c1. The lowest BCUT2D eigenvalue weighted by molar-refractivity contribution is 0.411. The standard InChI is InChI=1S/C11H8ClFN2O/c1-16-9-5-7(4-8(13)6-9)10-2-3-14-11(12)15-10/h2-6H,1H3. The van der Waals surface area contributed by atoms with Gasteiger partial charge in [-0.2, -0.15) is 0 Å². The first-order valence-electron chi connectivity index (χ1n) is 4.52. The molecule has 1 aromatic carbocycles. The molecule has 0 N–H and O–H groups in total. The quantitative estimate of drug-likeness (QED) is 0.755. The molecule has 0 aliphatic heterocycles. The second kappa shape index (κ2) is 4.45. The summed E-state index contributed by atoms with van der Waals surface area (Å²) < 4.78 is 18.2. The number of ether oxygens (including phenoxy) is 1. The van der Waals surface area contributed by atoms with Crippen molar-refractivity contribution < 1.29 is 9.13 Å². The smallest absolute Gasteiger partial charge is 0.222 e. The number of aromatic nitrogens is 2. The van der Waals surface area contributed by atoms with E-state index in [1.54, 1.807) is 12.1 Å². The molecule has 0 radical (unpaired) electrons. The highest BCUT2D eigenvalue weighted by Crippen LogP contribution is 2.24. The molecule has 0 aliphatic rings. The van der Waals surface area contributed by atoms with Gasteiger partial charge in [-0.3, -0.25) is 0 Å². The summed E-state index contributed by atoms with van der Waals surface area (Å²) >= 11 is 5.66. The number of benzene rings is 1. The normalized spacial score (nSPS) is 10.2. The maximum absolute atomic E-state index is 13.2. The molecule has 0 saturated carbocycles. The highest BCUT2D eigenvalue weighted by atomic mass is 35.5. The lowest BCUT2D eigenvalue weighted by Gasteiger charge is -2.04. The van der Waals surface area contributed by atoms with Crippen LogP contribution in [0, 0.1) is 5.82 Å². The zero-order valence-electron chi connectivity index (χ0n) is 8.45. The molecule has 3 nitrogen and oxygen atoms in total. The summed E-state index contributed by atoms with van der Waals surface area (Å²) in [5, 5.41) is 0.126. The van der Waals surface area contributed by atoms with Crippen molar-refractivity contribution in [2.24, 2.45) is 0 Å². The number of methoxy groups -OCH3 is 1. The van der Waals surface area contributed by atoms with E-state index in [1.807, 2.05) is 0 Å². The maximum atomic E-state index is 13.2. The summed E-state index contributed by atoms with van der Waals surface area (Å²) in [5.74, 6) is 0.0498. The summed E-state index contributed by atoms with van der Waals surface area (Å²) in [4.78, 5) is 7.75. The van der Waals surface area contributed by atoms with E-state index in [1.165, 1.54) is 25.4 Å². The summed E-state index contributed by atoms with van der Waals surface area (Å²) in [5.41, 5.74) is 1.15. The highest BCUT2D eigenvalue weighted by molar-refractivity contribution is 6.28. The Bertz CT molecular complexity index is 519. The van der Waals surface area contributed by atoms with Crippen LogP contribution in [0.5, 0.6) is 5.75 Å². The maximum Gasteiger partial charge on any atom is 0.222 e. The summed E-state index contributed by atoms with van der Waals surface area (Å²) in [6.07, 6.45) is 1.52. The lowest BCUT2D eigenvalue weighted by atomic mass is 10.1. The van der Waals surface area contributed by atoms with Crippen LogP contribution in [0.2, 0.25) is 5.28 Å². The van der Waals surface area contributed by atoms with Gasteiger partial charge in [0.2, 0.25) is 5.28 Å². The van der Waals surface area contributed by atoms with Crippen LogP contribution < -0.4 is 4.74 Å². The van der Waals surface area contributed by atoms with Crippen LogP contribution in [0.25, 0.3) is 11.3 Å². The first-order chi connectivity index (χ1) is 7.69. The summed E-state index contributed by atoms with van der Waals surface area (Å²) in [6.45, 7) is 0. The van der Waals surface area contributed by atoms with Gasteiger partial charge in [0, 0.05) is 17.8 Å². The third-order valence-electron chi connectivity index (χ3n) is 2.03. The zero-order chi connectivity index (χ0) is 11.5. The minimum Gasteiger partial charge on any atom is -0.497 e. The Hall–Kier alpha value is -1.68. The van der Waals surface area contributed by atoms with Crippen LogP contribution >= 0.6 is 11.6 Å². The average molecular weight is 239 g/mol. The fraction of sp³-hybridized carbons (Fsp3) is 0.0909. The number of halogens is 2. The monoisotopic (exact) mass is 238 g/mol. The van der Waals surface area contributed by atoms with E-state index < -0.39 is 0 Å². The van der Waals surface area contributed by atoms with Gasteiger partial charge < -0.3 is 4.74 Å². The first kappa shape index (κ1) is 10.8. The third kappa shape index (κ3) is 2.28. The van der Waals surface area contributed by atoms with Gasteiger partial charge in [-0.15, -0.1) is 0 Å². The van der Waals surface area contributed by atoms with Crippen molar-refractivity contribution in [2.75, 3.05) is 7.11 Å². The molecule has 1 heterocycles. The van der Waals surface area contributed by atoms with Crippen molar-refractivity contribution in [1.29, 1.82) is 0 Å². The number of rotatable bonds is 2. The Morgan fingerprint density at radius 2 is 2.12 bits per heavy atom. The van der Waals surface area contributed by atoms with Gasteiger partial charge in [-0.05, 0) is 29.8 Å². The molecule has 82 valence electrons. The Kier molecular flexibility index (Phi) is 3.01. The van der Waals surface area contributed by atoms with Crippen LogP contribution in [0.3, 0.4) is 0 Å². The molecule has 0 bridgehead atoms. The second-order valence-electron chi connectivity index (χ2n) is 3.09. The molecule has 0 fully saturated rings. The Labute approximate surface area is 96.9 Å². The molecule has 16 heavy (non-hydrogen) atoms. The van der Waals surface area contributed by atoms with Crippen LogP contribution in [0.15, 0.2) is 30.5 Å². The highest BCUT2D eigenvalue weighted by Gasteiger charge is 2.05. The molecule has 0 spiro atoms. The topological polar surface area (TPSA) is 35.0 Å². The van der Waals surface area contributed by atoms with Crippen molar-refractivity contribution in [1.82, 2.24) is 9.97 Å². The van der Waals surface area contributed by atoms with E-state index in [9.17, 15) is 4.39 Å². The number of hydrogen-bond donors (Lipinski definition) is 0. The van der Waals surface area contributed by atoms with Crippen LogP contribution in [-0.2, 0) is 0 Å². The van der Waals surface area contributed by atoms with Gasteiger partial charge in [0.1, 0.15) is 11.6 Å². The largest absolute Gasteiger partial charge is 0.497 e. The lowest BCUT2D eigenvalue weighted by Crippen LogP contribution is -1.90. The zero-order valence-corrected chi connectivity index (χ0v) is 9.20. The van der Waals surface area contributed by atoms with Gasteiger partial charge in [-0.1, -0.05) is 0 Å². The minimum absolute atomic E-state index is 0.126. The van der Waals surface area contributed by atoms with Crippen molar-refractivity contribution in [2.45, 2.75) is 0 Å². The molecule has 2 rings (SSSR count). The van der Waals surface area contributed by atoms with Crippen LogP contribution in [0.1, 0.15) is 0 Å². The van der Waals surface area contributed by atoms with Crippen molar-refractivity contribution in [3.63, 3.8) is 0 Å². The molecule has 0 saturated heterocycles. The average Bonchev–Trinajstić information content (AvgIpc) is 2.28. The van der Waals surface area contributed by atoms with Gasteiger partial charge in [0.05, 0.1) is 12.8 Å². The molecule has 0 unspecified atom stereocenters. The second-order valence-corrected chi connectivity index (χ2v) is 3.43. The van der Waals surface area contributed by atoms with Crippen molar-refractivity contribution in [3.8, 4) is 17.0 Å². The van der Waals surface area contributed by atoms with E-state index in [0.717, 1.165) is 0 Å². The predicted octanol–water partition coefficient (Wildman–Crippen LogP) is 2.94. The first-order valence-corrected chi connectivity index (χ1v) is 4.90.